The van der Waals surface area contributed by atoms with Gasteiger partial charge in [0.1, 0.15) is 22.2 Å². The molecule has 190 valence electrons. The van der Waals surface area contributed by atoms with Crippen LogP contribution in [-0.4, -0.2) is 36.0 Å². The molecule has 1 amide bonds. The van der Waals surface area contributed by atoms with Crippen LogP contribution in [0.5, 0.6) is 5.75 Å². The maximum atomic E-state index is 12.9. The number of nitrogens with zero attached hydrogens (tertiary/aromatic N) is 1. The average molecular weight is 517 g/mol. The number of carbonyl (C=O) groups excluding carboxylic acids is 3. The van der Waals surface area contributed by atoms with E-state index < -0.39 is 22.8 Å². The fourth-order valence-electron chi connectivity index (χ4n) is 3.13. The standard InChI is InChI=1S/C24H24N2O9S/c1-4-12-33-23(28)19-14(3)20(24(29)32-5-2)36-22(19)25-21(27)18-11-10-15(35-18)13-34-17-9-7-6-8-16(17)26(30)31/h6-11H,4-5,12-13H2,1-3H3,(H,25,27). The number of benzene rings is 1. The van der Waals surface area contributed by atoms with Crippen molar-refractivity contribution in [1.82, 2.24) is 0 Å². The predicted molar refractivity (Wildman–Crippen MR) is 130 cm³/mol. The van der Waals surface area contributed by atoms with Crippen LogP contribution < -0.4 is 10.1 Å². The lowest BCUT2D eigenvalue weighted by Gasteiger charge is -2.07. The van der Waals surface area contributed by atoms with Crippen LogP contribution in [0.4, 0.5) is 10.7 Å². The van der Waals surface area contributed by atoms with Crippen LogP contribution in [0.1, 0.15) is 62.2 Å². The number of esters is 2. The number of hydrogen-bond donors (Lipinski definition) is 1. The number of nitrogens with one attached hydrogen (secondary N) is 1. The zero-order valence-corrected chi connectivity index (χ0v) is 20.6. The Bertz CT molecular complexity index is 1280. The molecule has 1 aromatic carbocycles. The molecule has 0 spiro atoms. The van der Waals surface area contributed by atoms with Crippen molar-refractivity contribution in [2.24, 2.45) is 0 Å². The van der Waals surface area contributed by atoms with Crippen LogP contribution in [0.25, 0.3) is 0 Å². The number of rotatable bonds is 11. The topological polar surface area (TPSA) is 147 Å². The summed E-state index contributed by atoms with van der Waals surface area (Å²) >= 11 is 0.900. The molecule has 0 aliphatic rings. The van der Waals surface area contributed by atoms with Gasteiger partial charge in [0, 0.05) is 6.07 Å². The predicted octanol–water partition coefficient (Wildman–Crippen LogP) is 5.13. The number of nitro benzene ring substituents is 1. The van der Waals surface area contributed by atoms with Gasteiger partial charge in [-0.1, -0.05) is 19.1 Å². The molecule has 3 rings (SSSR count). The number of carbonyl (C=O) groups is 3. The minimum absolute atomic E-state index is 0.0562. The minimum Gasteiger partial charge on any atom is -0.479 e. The van der Waals surface area contributed by atoms with Gasteiger partial charge in [0.25, 0.3) is 5.91 Å². The number of hydrogen-bond acceptors (Lipinski definition) is 10. The quantitative estimate of drug-likeness (QED) is 0.208. The largest absolute Gasteiger partial charge is 0.479 e. The third kappa shape index (κ3) is 6.08. The van der Waals surface area contributed by atoms with Gasteiger partial charge in [0.15, 0.2) is 11.5 Å². The number of anilines is 1. The summed E-state index contributed by atoms with van der Waals surface area (Å²) in [5.74, 6) is -1.75. The van der Waals surface area contributed by atoms with Crippen LogP contribution in [0.15, 0.2) is 40.8 Å². The number of amides is 1. The molecule has 11 nitrogen and oxygen atoms in total. The number of ether oxygens (including phenoxy) is 3. The number of thiophene rings is 1. The van der Waals surface area contributed by atoms with Crippen LogP contribution >= 0.6 is 11.3 Å². The third-order valence-corrected chi connectivity index (χ3v) is 5.98. The SMILES string of the molecule is CCCOC(=O)c1c(NC(=O)c2ccc(COc3ccccc3[N+](=O)[O-])o2)sc(C(=O)OCC)c1C. The maximum absolute atomic E-state index is 12.9. The highest BCUT2D eigenvalue weighted by atomic mass is 32.1. The Morgan fingerprint density at radius 3 is 2.53 bits per heavy atom. The van der Waals surface area contributed by atoms with Gasteiger partial charge in [-0.2, -0.15) is 0 Å². The Hall–Kier alpha value is -4.19. The molecule has 0 aliphatic heterocycles. The molecule has 0 aliphatic carbocycles. The molecule has 0 saturated heterocycles. The lowest BCUT2D eigenvalue weighted by atomic mass is 10.1. The Morgan fingerprint density at radius 1 is 1.08 bits per heavy atom. The first-order valence-electron chi connectivity index (χ1n) is 11.0. The monoisotopic (exact) mass is 516 g/mol. The smallest absolute Gasteiger partial charge is 0.348 e. The fourth-order valence-corrected chi connectivity index (χ4v) is 4.21. The maximum Gasteiger partial charge on any atom is 0.348 e. The fraction of sp³-hybridized carbons (Fsp3) is 0.292. The van der Waals surface area contributed by atoms with Crippen molar-refractivity contribution in [2.45, 2.75) is 33.8 Å². The summed E-state index contributed by atoms with van der Waals surface area (Å²) in [7, 11) is 0. The Morgan fingerprint density at radius 2 is 1.83 bits per heavy atom. The van der Waals surface area contributed by atoms with Gasteiger partial charge in [0.05, 0.1) is 23.7 Å². The highest BCUT2D eigenvalue weighted by molar-refractivity contribution is 7.18. The van der Waals surface area contributed by atoms with E-state index in [-0.39, 0.29) is 58.2 Å². The van der Waals surface area contributed by atoms with E-state index in [0.717, 1.165) is 11.3 Å². The van der Waals surface area contributed by atoms with E-state index >= 15 is 0 Å². The summed E-state index contributed by atoms with van der Waals surface area (Å²) < 4.78 is 21.3. The second kappa shape index (κ2) is 12.0. The van der Waals surface area contributed by atoms with Gasteiger partial charge in [-0.25, -0.2) is 9.59 Å². The second-order valence-electron chi connectivity index (χ2n) is 7.35. The molecular formula is C24H24N2O9S. The highest BCUT2D eigenvalue weighted by Crippen LogP contribution is 2.35. The Labute approximate surface area is 210 Å². The van der Waals surface area contributed by atoms with Gasteiger partial charge in [-0.3, -0.25) is 14.9 Å². The van der Waals surface area contributed by atoms with E-state index in [0.29, 0.717) is 12.0 Å². The van der Waals surface area contributed by atoms with E-state index in [2.05, 4.69) is 5.32 Å². The van der Waals surface area contributed by atoms with Crippen LogP contribution in [0.3, 0.4) is 0 Å². The number of para-hydroxylation sites is 2. The van der Waals surface area contributed by atoms with Gasteiger partial charge >= 0.3 is 17.6 Å². The first-order chi connectivity index (χ1) is 17.3. The molecule has 2 heterocycles. The van der Waals surface area contributed by atoms with Crippen molar-refractivity contribution in [3.63, 3.8) is 0 Å². The molecule has 0 bridgehead atoms. The summed E-state index contributed by atoms with van der Waals surface area (Å²) in [6, 6.07) is 8.77. The molecule has 0 atom stereocenters. The van der Waals surface area contributed by atoms with Crippen molar-refractivity contribution < 1.29 is 37.9 Å². The van der Waals surface area contributed by atoms with Crippen molar-refractivity contribution in [2.75, 3.05) is 18.5 Å². The summed E-state index contributed by atoms with van der Waals surface area (Å²) in [6.07, 6.45) is 0.602. The summed E-state index contributed by atoms with van der Waals surface area (Å²) in [5.41, 5.74) is 0.208. The molecule has 3 aromatic rings. The number of nitro groups is 1. The van der Waals surface area contributed by atoms with Crippen LogP contribution in [0, 0.1) is 17.0 Å². The number of furan rings is 1. The van der Waals surface area contributed by atoms with E-state index in [4.69, 9.17) is 18.6 Å². The van der Waals surface area contributed by atoms with Crippen molar-refractivity contribution in [1.29, 1.82) is 0 Å². The van der Waals surface area contributed by atoms with E-state index in [1.165, 1.54) is 30.3 Å². The lowest BCUT2D eigenvalue weighted by molar-refractivity contribution is -0.386. The second-order valence-corrected chi connectivity index (χ2v) is 8.37. The van der Waals surface area contributed by atoms with E-state index in [1.807, 2.05) is 6.92 Å². The van der Waals surface area contributed by atoms with E-state index in [1.54, 1.807) is 19.9 Å². The Balaban J connectivity index is 1.78. The molecular weight excluding hydrogens is 492 g/mol. The molecule has 0 unspecified atom stereocenters. The molecule has 0 saturated carbocycles. The first-order valence-corrected chi connectivity index (χ1v) is 11.8. The van der Waals surface area contributed by atoms with Crippen LogP contribution in [-0.2, 0) is 16.1 Å². The molecule has 12 heteroatoms. The van der Waals surface area contributed by atoms with E-state index in [9.17, 15) is 24.5 Å². The third-order valence-electron chi connectivity index (χ3n) is 4.79. The summed E-state index contributed by atoms with van der Waals surface area (Å²) in [4.78, 5) is 48.6. The first kappa shape index (κ1) is 26.4. The molecule has 2 aromatic heterocycles. The van der Waals surface area contributed by atoms with Gasteiger partial charge in [-0.05, 0) is 44.0 Å². The molecule has 0 radical (unpaired) electrons. The summed E-state index contributed by atoms with van der Waals surface area (Å²) in [5, 5.41) is 13.8. The minimum atomic E-state index is -0.673. The normalized spacial score (nSPS) is 10.5. The van der Waals surface area contributed by atoms with Crippen molar-refractivity contribution in [3.05, 3.63) is 74.0 Å². The molecule has 36 heavy (non-hydrogen) atoms. The zero-order chi connectivity index (χ0) is 26.2. The van der Waals surface area contributed by atoms with Crippen molar-refractivity contribution in [3.8, 4) is 5.75 Å². The van der Waals surface area contributed by atoms with Gasteiger partial charge < -0.3 is 23.9 Å². The van der Waals surface area contributed by atoms with Gasteiger partial charge in [-0.15, -0.1) is 11.3 Å². The Kier molecular flexibility index (Phi) is 8.79. The zero-order valence-electron chi connectivity index (χ0n) is 19.8. The highest BCUT2D eigenvalue weighted by Gasteiger charge is 2.28. The summed E-state index contributed by atoms with van der Waals surface area (Å²) in [6.45, 7) is 5.25. The van der Waals surface area contributed by atoms with Crippen molar-refractivity contribution >= 4 is 39.9 Å². The molecule has 0 fully saturated rings. The molecule has 1 N–H and O–H groups in total. The van der Waals surface area contributed by atoms with Gasteiger partial charge in [0.2, 0.25) is 0 Å². The van der Waals surface area contributed by atoms with Crippen LogP contribution in [0.2, 0.25) is 0 Å². The lowest BCUT2D eigenvalue weighted by Crippen LogP contribution is -2.14. The average Bonchev–Trinajstić information content (AvgIpc) is 3.46.